The smallest absolute Gasteiger partial charge is 0.202 e. The van der Waals surface area contributed by atoms with Crippen LogP contribution in [0.4, 0.5) is 5.95 Å². The molecule has 0 spiro atoms. The molecule has 0 amide bonds. The number of nitrogen functional groups attached to an aromatic ring is 1. The number of nitrogens with two attached hydrogens (primary N) is 1. The first-order valence-electron chi connectivity index (χ1n) is 6.12. The van der Waals surface area contributed by atoms with E-state index in [-0.39, 0.29) is 0 Å². The largest absolute Gasteiger partial charge is 0.369 e. The van der Waals surface area contributed by atoms with Crippen LogP contribution in [-0.2, 0) is 13.6 Å². The molecular weight excluding hydrogens is 240 g/mol. The first-order valence-corrected chi connectivity index (χ1v) is 6.12. The maximum absolute atomic E-state index is 6.01. The molecule has 3 rings (SSSR count). The molecule has 6 nitrogen and oxygen atoms in total. The van der Waals surface area contributed by atoms with Gasteiger partial charge in [-0.1, -0.05) is 0 Å². The third-order valence-electron chi connectivity index (χ3n) is 3.31. The van der Waals surface area contributed by atoms with Crippen LogP contribution in [0.2, 0.25) is 0 Å². The number of fused-ring (bicyclic) bond motifs is 1. The first-order chi connectivity index (χ1) is 9.06. The normalized spacial score (nSPS) is 11.3. The molecule has 3 heterocycles. The minimum absolute atomic E-state index is 0.486. The summed E-state index contributed by atoms with van der Waals surface area (Å²) >= 11 is 0. The minimum atomic E-state index is 0.486. The summed E-state index contributed by atoms with van der Waals surface area (Å²) in [5.74, 6) is 0.486. The maximum Gasteiger partial charge on any atom is 0.202 e. The van der Waals surface area contributed by atoms with Gasteiger partial charge in [-0.2, -0.15) is 5.10 Å². The Bertz CT molecular complexity index is 752. The van der Waals surface area contributed by atoms with Gasteiger partial charge < -0.3 is 5.73 Å². The van der Waals surface area contributed by atoms with E-state index in [2.05, 4.69) is 15.1 Å². The number of aromatic nitrogens is 5. The fraction of sp³-hybridized carbons (Fsp3) is 0.308. The highest BCUT2D eigenvalue weighted by Crippen LogP contribution is 2.20. The van der Waals surface area contributed by atoms with E-state index in [1.54, 1.807) is 10.9 Å². The zero-order valence-corrected chi connectivity index (χ0v) is 11.3. The second-order valence-corrected chi connectivity index (χ2v) is 4.77. The standard InChI is InChI=1S/C13H16N6/c1-8-4-5-15-12-11(8)16-13(14)19(12)7-10-6-18(3)17-9(10)2/h4-6H,7H2,1-3H3,(H2,14,16). The molecule has 3 aromatic heterocycles. The summed E-state index contributed by atoms with van der Waals surface area (Å²) in [4.78, 5) is 8.79. The van der Waals surface area contributed by atoms with Crippen molar-refractivity contribution in [3.63, 3.8) is 0 Å². The van der Waals surface area contributed by atoms with Crippen molar-refractivity contribution in [1.29, 1.82) is 0 Å². The minimum Gasteiger partial charge on any atom is -0.369 e. The summed E-state index contributed by atoms with van der Waals surface area (Å²) in [6.07, 6.45) is 3.78. The summed E-state index contributed by atoms with van der Waals surface area (Å²) < 4.78 is 3.73. The van der Waals surface area contributed by atoms with Crippen molar-refractivity contribution in [2.75, 3.05) is 5.73 Å². The van der Waals surface area contributed by atoms with Crippen LogP contribution >= 0.6 is 0 Å². The van der Waals surface area contributed by atoms with Crippen molar-refractivity contribution in [1.82, 2.24) is 24.3 Å². The Balaban J connectivity index is 2.13. The van der Waals surface area contributed by atoms with Gasteiger partial charge in [-0.25, -0.2) is 9.97 Å². The van der Waals surface area contributed by atoms with Crippen molar-refractivity contribution in [2.24, 2.45) is 7.05 Å². The summed E-state index contributed by atoms with van der Waals surface area (Å²) in [5, 5.41) is 4.34. The number of rotatable bonds is 2. The molecule has 0 aliphatic carbocycles. The van der Waals surface area contributed by atoms with Gasteiger partial charge in [0.1, 0.15) is 5.52 Å². The molecule has 0 radical (unpaired) electrons. The zero-order valence-electron chi connectivity index (χ0n) is 11.3. The molecule has 0 aliphatic heterocycles. The highest BCUT2D eigenvalue weighted by Gasteiger charge is 2.13. The second kappa shape index (κ2) is 4.08. The van der Waals surface area contributed by atoms with Gasteiger partial charge in [0.2, 0.25) is 5.95 Å². The number of hydrogen-bond acceptors (Lipinski definition) is 4. The molecule has 0 saturated carbocycles. The van der Waals surface area contributed by atoms with E-state index in [0.29, 0.717) is 12.5 Å². The SMILES string of the molecule is Cc1nn(C)cc1Cn1c(N)nc2c(C)ccnc21. The molecule has 0 aliphatic rings. The van der Waals surface area contributed by atoms with E-state index in [1.165, 1.54) is 0 Å². The monoisotopic (exact) mass is 256 g/mol. The molecular formula is C13H16N6. The van der Waals surface area contributed by atoms with E-state index in [4.69, 9.17) is 5.73 Å². The maximum atomic E-state index is 6.01. The second-order valence-electron chi connectivity index (χ2n) is 4.77. The molecule has 0 saturated heterocycles. The number of pyridine rings is 1. The van der Waals surface area contributed by atoms with Gasteiger partial charge in [-0.05, 0) is 25.5 Å². The number of hydrogen-bond donors (Lipinski definition) is 1. The predicted octanol–water partition coefficient (Wildman–Crippen LogP) is 1.41. The topological polar surface area (TPSA) is 74.5 Å². The molecule has 0 atom stereocenters. The predicted molar refractivity (Wildman–Crippen MR) is 73.7 cm³/mol. The van der Waals surface area contributed by atoms with Crippen molar-refractivity contribution in [2.45, 2.75) is 20.4 Å². The lowest BCUT2D eigenvalue weighted by atomic mass is 10.2. The van der Waals surface area contributed by atoms with Crippen LogP contribution in [0.25, 0.3) is 11.2 Å². The van der Waals surface area contributed by atoms with E-state index >= 15 is 0 Å². The quantitative estimate of drug-likeness (QED) is 0.752. The molecule has 3 aromatic rings. The van der Waals surface area contributed by atoms with Crippen LogP contribution in [0.1, 0.15) is 16.8 Å². The van der Waals surface area contributed by atoms with Crippen LogP contribution in [0.3, 0.4) is 0 Å². The molecule has 0 aromatic carbocycles. The van der Waals surface area contributed by atoms with Crippen molar-refractivity contribution in [3.05, 3.63) is 35.3 Å². The van der Waals surface area contributed by atoms with E-state index in [1.807, 2.05) is 37.7 Å². The average Bonchev–Trinajstić information content (AvgIpc) is 2.83. The molecule has 0 unspecified atom stereocenters. The molecule has 6 heteroatoms. The van der Waals surface area contributed by atoms with Gasteiger partial charge in [-0.3, -0.25) is 9.25 Å². The van der Waals surface area contributed by atoms with Crippen molar-refractivity contribution >= 4 is 17.1 Å². The Morgan fingerprint density at radius 2 is 2.11 bits per heavy atom. The zero-order chi connectivity index (χ0) is 13.6. The Morgan fingerprint density at radius 3 is 2.79 bits per heavy atom. The third kappa shape index (κ3) is 1.85. The highest BCUT2D eigenvalue weighted by molar-refractivity contribution is 5.77. The van der Waals surface area contributed by atoms with Gasteiger partial charge >= 0.3 is 0 Å². The van der Waals surface area contributed by atoms with Crippen LogP contribution in [-0.4, -0.2) is 24.3 Å². The van der Waals surface area contributed by atoms with E-state index < -0.39 is 0 Å². The van der Waals surface area contributed by atoms with Crippen LogP contribution in [0, 0.1) is 13.8 Å². The van der Waals surface area contributed by atoms with Crippen LogP contribution < -0.4 is 5.73 Å². The van der Waals surface area contributed by atoms with Gasteiger partial charge in [0.05, 0.1) is 12.2 Å². The molecule has 19 heavy (non-hydrogen) atoms. The Labute approximate surface area is 110 Å². The average molecular weight is 256 g/mol. The number of aryl methyl sites for hydroxylation is 3. The van der Waals surface area contributed by atoms with Gasteiger partial charge in [0, 0.05) is 25.0 Å². The number of anilines is 1. The lowest BCUT2D eigenvalue weighted by molar-refractivity contribution is 0.756. The van der Waals surface area contributed by atoms with Gasteiger partial charge in [0.25, 0.3) is 0 Å². The Hall–Kier alpha value is -2.37. The van der Waals surface area contributed by atoms with E-state index in [9.17, 15) is 0 Å². The molecule has 0 bridgehead atoms. The van der Waals surface area contributed by atoms with Gasteiger partial charge in [0.15, 0.2) is 5.65 Å². The fourth-order valence-corrected chi connectivity index (χ4v) is 2.29. The van der Waals surface area contributed by atoms with Crippen molar-refractivity contribution in [3.8, 4) is 0 Å². The number of imidazole rings is 1. The first kappa shape index (κ1) is 11.7. The molecule has 98 valence electrons. The summed E-state index contributed by atoms with van der Waals surface area (Å²) in [7, 11) is 1.91. The van der Waals surface area contributed by atoms with Gasteiger partial charge in [-0.15, -0.1) is 0 Å². The van der Waals surface area contributed by atoms with Crippen LogP contribution in [0.15, 0.2) is 18.5 Å². The lowest BCUT2D eigenvalue weighted by Gasteiger charge is -2.04. The summed E-state index contributed by atoms with van der Waals surface area (Å²) in [5.41, 5.74) is 10.9. The Morgan fingerprint density at radius 1 is 1.32 bits per heavy atom. The summed E-state index contributed by atoms with van der Waals surface area (Å²) in [6.45, 7) is 4.64. The third-order valence-corrected chi connectivity index (χ3v) is 3.31. The molecule has 0 fully saturated rings. The van der Waals surface area contributed by atoms with Crippen LogP contribution in [0.5, 0.6) is 0 Å². The summed E-state index contributed by atoms with van der Waals surface area (Å²) in [6, 6.07) is 1.94. The molecule has 2 N–H and O–H groups in total. The fourth-order valence-electron chi connectivity index (χ4n) is 2.29. The number of nitrogens with zero attached hydrogens (tertiary/aromatic N) is 5. The van der Waals surface area contributed by atoms with Crippen molar-refractivity contribution < 1.29 is 0 Å². The lowest BCUT2D eigenvalue weighted by Crippen LogP contribution is -2.05. The highest BCUT2D eigenvalue weighted by atomic mass is 15.3. The van der Waals surface area contributed by atoms with E-state index in [0.717, 1.165) is 28.0 Å². The Kier molecular flexibility index (Phi) is 2.51.